The van der Waals surface area contributed by atoms with Gasteiger partial charge in [0.05, 0.1) is 34.3 Å². The number of benzene rings is 1. The van der Waals surface area contributed by atoms with E-state index in [2.05, 4.69) is 9.55 Å². The number of methoxy groups -OCH3 is 1. The van der Waals surface area contributed by atoms with E-state index in [0.717, 1.165) is 26.6 Å². The molecule has 1 atom stereocenters. The van der Waals surface area contributed by atoms with E-state index in [-0.39, 0.29) is 30.8 Å². The molecule has 0 radical (unpaired) electrons. The minimum Gasteiger partial charge on any atom is -0.457 e. The van der Waals surface area contributed by atoms with Crippen LogP contribution >= 0.6 is 11.3 Å². The molecule has 0 unspecified atom stereocenters. The van der Waals surface area contributed by atoms with Crippen LogP contribution in [0.3, 0.4) is 0 Å². The van der Waals surface area contributed by atoms with Crippen molar-refractivity contribution in [3.63, 3.8) is 0 Å². The minimum atomic E-state index is -0.390. The number of nitrogens with zero attached hydrogens (tertiary/aromatic N) is 2. The summed E-state index contributed by atoms with van der Waals surface area (Å²) in [7, 11) is 1.66. The summed E-state index contributed by atoms with van der Waals surface area (Å²) in [6, 6.07) is 9.85. The molecule has 29 heavy (non-hydrogen) atoms. The van der Waals surface area contributed by atoms with E-state index in [0.29, 0.717) is 18.6 Å². The van der Waals surface area contributed by atoms with Crippen molar-refractivity contribution in [2.24, 2.45) is 0 Å². The molecule has 3 aromatic rings. The van der Waals surface area contributed by atoms with Gasteiger partial charge in [-0.15, -0.1) is 11.3 Å². The summed E-state index contributed by atoms with van der Waals surface area (Å²) in [6.45, 7) is 6.22. The number of esters is 1. The third kappa shape index (κ3) is 4.92. The van der Waals surface area contributed by atoms with Gasteiger partial charge in [-0.3, -0.25) is 9.59 Å². The molecule has 0 aliphatic rings. The molecule has 0 amide bonds. The van der Waals surface area contributed by atoms with Crippen LogP contribution in [0.15, 0.2) is 30.3 Å². The Morgan fingerprint density at radius 3 is 2.72 bits per heavy atom. The van der Waals surface area contributed by atoms with E-state index in [4.69, 9.17) is 9.47 Å². The van der Waals surface area contributed by atoms with E-state index in [1.807, 2.05) is 51.1 Å². The number of rotatable bonds is 9. The average Bonchev–Trinajstić information content (AvgIpc) is 3.24. The first-order valence-electron chi connectivity index (χ1n) is 9.61. The Morgan fingerprint density at radius 2 is 2.00 bits per heavy atom. The third-order valence-electron chi connectivity index (χ3n) is 4.88. The van der Waals surface area contributed by atoms with Crippen LogP contribution in [0.25, 0.3) is 10.2 Å². The highest BCUT2D eigenvalue weighted by Crippen LogP contribution is 2.23. The Morgan fingerprint density at radius 1 is 1.24 bits per heavy atom. The summed E-state index contributed by atoms with van der Waals surface area (Å²) >= 11 is 1.57. The van der Waals surface area contributed by atoms with Gasteiger partial charge < -0.3 is 14.0 Å². The van der Waals surface area contributed by atoms with Crippen LogP contribution in [0.5, 0.6) is 0 Å². The van der Waals surface area contributed by atoms with Crippen LogP contribution in [0.2, 0.25) is 0 Å². The molecule has 154 valence electrons. The molecule has 0 aliphatic heterocycles. The first kappa shape index (κ1) is 21.2. The lowest BCUT2D eigenvalue weighted by Gasteiger charge is -2.17. The second-order valence-electron chi connectivity index (χ2n) is 7.12. The molecule has 0 saturated heterocycles. The van der Waals surface area contributed by atoms with Crippen molar-refractivity contribution >= 4 is 33.3 Å². The number of ether oxygens (including phenoxy) is 2. The Kier molecular flexibility index (Phi) is 6.82. The summed E-state index contributed by atoms with van der Waals surface area (Å²) in [5.74, 6) is -0.582. The zero-order valence-corrected chi connectivity index (χ0v) is 18.0. The fourth-order valence-corrected chi connectivity index (χ4v) is 4.55. The summed E-state index contributed by atoms with van der Waals surface area (Å²) in [4.78, 5) is 29.2. The lowest BCUT2D eigenvalue weighted by molar-refractivity contribution is -0.142. The van der Waals surface area contributed by atoms with Gasteiger partial charge in [-0.25, -0.2) is 4.98 Å². The van der Waals surface area contributed by atoms with Crippen molar-refractivity contribution in [1.29, 1.82) is 0 Å². The minimum absolute atomic E-state index is 0.123. The Bertz CT molecular complexity index is 988. The summed E-state index contributed by atoms with van der Waals surface area (Å²) in [5, 5.41) is 0.894. The number of carbonyl (C=O) groups is 2. The zero-order chi connectivity index (χ0) is 21.0. The molecule has 0 aliphatic carbocycles. The number of aromatic nitrogens is 2. The molecule has 2 heterocycles. The van der Waals surface area contributed by atoms with E-state index in [1.54, 1.807) is 18.4 Å². The van der Waals surface area contributed by atoms with Gasteiger partial charge in [-0.2, -0.15) is 0 Å². The molecule has 7 heteroatoms. The fraction of sp³-hybridized carbons (Fsp3) is 0.409. The van der Waals surface area contributed by atoms with Gasteiger partial charge in [-0.05, 0) is 39.0 Å². The number of fused-ring (bicyclic) bond motifs is 1. The van der Waals surface area contributed by atoms with E-state index in [9.17, 15) is 9.59 Å². The number of Topliss-reactive ketones (excluding diaryl/α,β-unsaturated/α-hetero) is 1. The van der Waals surface area contributed by atoms with Gasteiger partial charge in [0, 0.05) is 30.5 Å². The predicted molar refractivity (Wildman–Crippen MR) is 114 cm³/mol. The number of para-hydroxylation sites is 1. The van der Waals surface area contributed by atoms with Gasteiger partial charge in [-0.1, -0.05) is 12.1 Å². The van der Waals surface area contributed by atoms with Crippen LogP contribution in [0, 0.1) is 13.8 Å². The second kappa shape index (κ2) is 9.33. The Labute approximate surface area is 174 Å². The quantitative estimate of drug-likeness (QED) is 0.386. The van der Waals surface area contributed by atoms with Gasteiger partial charge in [0.15, 0.2) is 6.61 Å². The van der Waals surface area contributed by atoms with Crippen LogP contribution in [-0.4, -0.2) is 41.6 Å². The van der Waals surface area contributed by atoms with Crippen LogP contribution in [0.4, 0.5) is 0 Å². The van der Waals surface area contributed by atoms with Gasteiger partial charge >= 0.3 is 5.97 Å². The fourth-order valence-electron chi connectivity index (χ4n) is 3.59. The SMILES string of the molecule is COC[C@H](C)n1c(C)cc(C(=O)COC(=O)CCc2nc3ccccc3s2)c1C. The molecule has 0 saturated carbocycles. The van der Waals surface area contributed by atoms with Crippen molar-refractivity contribution in [3.05, 3.63) is 52.3 Å². The van der Waals surface area contributed by atoms with Crippen LogP contribution in [-0.2, 0) is 20.7 Å². The lowest BCUT2D eigenvalue weighted by Crippen LogP contribution is -2.17. The number of aryl methyl sites for hydroxylation is 2. The van der Waals surface area contributed by atoms with Crippen LogP contribution < -0.4 is 0 Å². The van der Waals surface area contributed by atoms with Crippen LogP contribution in [0.1, 0.15) is 46.1 Å². The van der Waals surface area contributed by atoms with Gasteiger partial charge in [0.2, 0.25) is 5.78 Å². The number of hydrogen-bond acceptors (Lipinski definition) is 6. The number of carbonyl (C=O) groups excluding carboxylic acids is 2. The Balaban J connectivity index is 1.54. The van der Waals surface area contributed by atoms with Crippen molar-refractivity contribution < 1.29 is 19.1 Å². The summed E-state index contributed by atoms with van der Waals surface area (Å²) in [6.07, 6.45) is 0.715. The molecule has 6 nitrogen and oxygen atoms in total. The predicted octanol–water partition coefficient (Wildman–Crippen LogP) is 4.28. The Hall–Kier alpha value is -2.51. The van der Waals surface area contributed by atoms with Crippen molar-refractivity contribution in [1.82, 2.24) is 9.55 Å². The van der Waals surface area contributed by atoms with Gasteiger partial charge in [0.25, 0.3) is 0 Å². The maximum Gasteiger partial charge on any atom is 0.306 e. The molecule has 0 bridgehead atoms. The summed E-state index contributed by atoms with van der Waals surface area (Å²) in [5.41, 5.74) is 3.37. The standard InChI is InChI=1S/C22H26N2O4S/c1-14-11-17(16(3)24(14)15(2)12-27-4)19(25)13-28-22(26)10-9-21-23-18-7-5-6-8-20(18)29-21/h5-8,11,15H,9-10,12-13H2,1-4H3/t15-/m0/s1. The topological polar surface area (TPSA) is 70.4 Å². The molecular weight excluding hydrogens is 388 g/mol. The monoisotopic (exact) mass is 414 g/mol. The van der Waals surface area contributed by atoms with Crippen molar-refractivity contribution in [3.8, 4) is 0 Å². The maximum absolute atomic E-state index is 12.6. The first-order chi connectivity index (χ1) is 13.9. The second-order valence-corrected chi connectivity index (χ2v) is 8.23. The number of ketones is 1. The van der Waals surface area contributed by atoms with Gasteiger partial charge in [0.1, 0.15) is 0 Å². The van der Waals surface area contributed by atoms with Crippen molar-refractivity contribution in [2.75, 3.05) is 20.3 Å². The number of thiazole rings is 1. The lowest BCUT2D eigenvalue weighted by atomic mass is 10.1. The average molecular weight is 415 g/mol. The van der Waals surface area contributed by atoms with E-state index < -0.39 is 0 Å². The summed E-state index contributed by atoms with van der Waals surface area (Å²) < 4.78 is 13.6. The largest absolute Gasteiger partial charge is 0.457 e. The highest BCUT2D eigenvalue weighted by Gasteiger charge is 2.20. The smallest absolute Gasteiger partial charge is 0.306 e. The first-order valence-corrected chi connectivity index (χ1v) is 10.4. The van der Waals surface area contributed by atoms with Crippen molar-refractivity contribution in [2.45, 2.75) is 39.7 Å². The molecule has 0 fully saturated rings. The molecule has 2 aromatic heterocycles. The zero-order valence-electron chi connectivity index (χ0n) is 17.2. The maximum atomic E-state index is 12.6. The molecule has 0 spiro atoms. The normalized spacial score (nSPS) is 12.3. The molecular formula is C22H26N2O4S. The highest BCUT2D eigenvalue weighted by molar-refractivity contribution is 7.18. The number of hydrogen-bond donors (Lipinski definition) is 0. The molecule has 3 rings (SSSR count). The molecule has 1 aromatic carbocycles. The van der Waals surface area contributed by atoms with E-state index >= 15 is 0 Å². The third-order valence-corrected chi connectivity index (χ3v) is 5.97. The van der Waals surface area contributed by atoms with E-state index in [1.165, 1.54) is 0 Å². The molecule has 0 N–H and O–H groups in total. The highest BCUT2D eigenvalue weighted by atomic mass is 32.1.